The van der Waals surface area contributed by atoms with E-state index in [-0.39, 0.29) is 11.5 Å². The van der Waals surface area contributed by atoms with Gasteiger partial charge in [-0.3, -0.25) is 0 Å². The fraction of sp³-hybridized carbons (Fsp3) is 0.429. The Hall–Kier alpha value is -2.36. The van der Waals surface area contributed by atoms with Crippen molar-refractivity contribution in [2.75, 3.05) is 14.2 Å². The summed E-state index contributed by atoms with van der Waals surface area (Å²) in [5.74, 6) is 1.12. The fourth-order valence-corrected chi connectivity index (χ4v) is 3.60. The van der Waals surface area contributed by atoms with Crippen LogP contribution < -0.4 is 9.47 Å². The topological polar surface area (TPSA) is 58.9 Å². The molecule has 4 heteroatoms. The summed E-state index contributed by atoms with van der Waals surface area (Å²) < 4.78 is 11.0. The molecule has 0 spiro atoms. The summed E-state index contributed by atoms with van der Waals surface area (Å²) in [6.07, 6.45) is 7.49. The molecule has 0 amide bonds. The minimum absolute atomic E-state index is 0.133. The van der Waals surface area contributed by atoms with Crippen molar-refractivity contribution < 1.29 is 19.7 Å². The highest BCUT2D eigenvalue weighted by Gasteiger charge is 2.22. The van der Waals surface area contributed by atoms with Gasteiger partial charge in [-0.25, -0.2) is 0 Å². The fourth-order valence-electron chi connectivity index (χ4n) is 3.60. The van der Waals surface area contributed by atoms with Crippen LogP contribution in [0.1, 0.15) is 43.2 Å². The Morgan fingerprint density at radius 3 is 2.16 bits per heavy atom. The second kappa shape index (κ2) is 7.68. The second-order valence-electron chi connectivity index (χ2n) is 6.62. The van der Waals surface area contributed by atoms with E-state index in [2.05, 4.69) is 0 Å². The van der Waals surface area contributed by atoms with Crippen LogP contribution in [-0.2, 0) is 12.8 Å². The number of ether oxygens (including phenoxy) is 2. The van der Waals surface area contributed by atoms with Gasteiger partial charge in [-0.05, 0) is 55.0 Å². The lowest BCUT2D eigenvalue weighted by Gasteiger charge is -2.18. The first-order chi connectivity index (χ1) is 12.2. The zero-order valence-corrected chi connectivity index (χ0v) is 15.0. The van der Waals surface area contributed by atoms with Gasteiger partial charge in [0.1, 0.15) is 5.75 Å². The van der Waals surface area contributed by atoms with Crippen LogP contribution in [0.15, 0.2) is 24.3 Å². The molecule has 0 fully saturated rings. The van der Waals surface area contributed by atoms with Crippen molar-refractivity contribution in [3.63, 3.8) is 0 Å². The van der Waals surface area contributed by atoms with Gasteiger partial charge in [0, 0.05) is 11.1 Å². The molecule has 0 radical (unpaired) electrons. The Labute approximate surface area is 149 Å². The number of hydrogen-bond donors (Lipinski definition) is 2. The van der Waals surface area contributed by atoms with E-state index in [4.69, 9.17) is 9.47 Å². The number of phenolic OH excluding ortho intramolecular Hbond substituents is 2. The van der Waals surface area contributed by atoms with Crippen LogP contribution in [0.2, 0.25) is 0 Å². The quantitative estimate of drug-likeness (QED) is 0.820. The lowest BCUT2D eigenvalue weighted by molar-refractivity contribution is 0.332. The summed E-state index contributed by atoms with van der Waals surface area (Å²) in [6, 6.07) is 7.66. The van der Waals surface area contributed by atoms with Gasteiger partial charge in [0.2, 0.25) is 5.75 Å². The van der Waals surface area contributed by atoms with Gasteiger partial charge in [-0.1, -0.05) is 25.3 Å². The molecule has 0 saturated carbocycles. The van der Waals surface area contributed by atoms with E-state index in [0.29, 0.717) is 17.1 Å². The van der Waals surface area contributed by atoms with Crippen molar-refractivity contribution in [2.45, 2.75) is 44.9 Å². The SMILES string of the molecule is COc1c2cc(c(O)c1OC)CCCCCCCc1ccc(O)c-2c1. The summed E-state index contributed by atoms with van der Waals surface area (Å²) in [5, 5.41) is 21.0. The van der Waals surface area contributed by atoms with Crippen LogP contribution in [0.3, 0.4) is 0 Å². The van der Waals surface area contributed by atoms with Gasteiger partial charge in [-0.15, -0.1) is 0 Å². The summed E-state index contributed by atoms with van der Waals surface area (Å²) in [5.41, 5.74) is 3.50. The normalized spacial score (nSPS) is 14.8. The maximum Gasteiger partial charge on any atom is 0.203 e. The smallest absolute Gasteiger partial charge is 0.203 e. The molecular formula is C21H26O4. The molecule has 25 heavy (non-hydrogen) atoms. The molecule has 0 saturated heterocycles. The molecule has 0 aliphatic heterocycles. The molecule has 2 aromatic carbocycles. The van der Waals surface area contributed by atoms with Gasteiger partial charge in [0.25, 0.3) is 0 Å². The van der Waals surface area contributed by atoms with Gasteiger partial charge in [-0.2, -0.15) is 0 Å². The Balaban J connectivity index is 2.23. The predicted molar refractivity (Wildman–Crippen MR) is 98.8 cm³/mol. The highest BCUT2D eigenvalue weighted by atomic mass is 16.5. The third-order valence-corrected chi connectivity index (χ3v) is 4.96. The average molecular weight is 342 g/mol. The first-order valence-corrected chi connectivity index (χ1v) is 8.94. The molecule has 0 heterocycles. The number of aromatic hydroxyl groups is 2. The molecule has 1 aliphatic carbocycles. The number of methoxy groups -OCH3 is 2. The van der Waals surface area contributed by atoms with Crippen molar-refractivity contribution in [3.05, 3.63) is 35.4 Å². The average Bonchev–Trinajstić information content (AvgIpc) is 2.63. The highest BCUT2D eigenvalue weighted by Crippen LogP contribution is 2.48. The molecule has 134 valence electrons. The van der Waals surface area contributed by atoms with Gasteiger partial charge < -0.3 is 19.7 Å². The van der Waals surface area contributed by atoms with Crippen molar-refractivity contribution in [1.29, 1.82) is 0 Å². The largest absolute Gasteiger partial charge is 0.507 e. The van der Waals surface area contributed by atoms with Crippen molar-refractivity contribution in [3.8, 4) is 34.1 Å². The molecular weight excluding hydrogens is 316 g/mol. The van der Waals surface area contributed by atoms with Gasteiger partial charge in [0.05, 0.1) is 14.2 Å². The molecule has 0 unspecified atom stereocenters. The number of phenols is 2. The number of benzene rings is 2. The molecule has 2 N–H and O–H groups in total. The summed E-state index contributed by atoms with van der Waals surface area (Å²) in [4.78, 5) is 0. The third kappa shape index (κ3) is 3.53. The minimum atomic E-state index is 0.133. The minimum Gasteiger partial charge on any atom is -0.507 e. The summed E-state index contributed by atoms with van der Waals surface area (Å²) in [6.45, 7) is 0. The predicted octanol–water partition coefficient (Wildman–Crippen LogP) is 4.83. The number of aryl methyl sites for hydroxylation is 2. The van der Waals surface area contributed by atoms with Crippen LogP contribution in [0.4, 0.5) is 0 Å². The molecule has 3 rings (SSSR count). The number of fused-ring (bicyclic) bond motifs is 5. The lowest BCUT2D eigenvalue weighted by Crippen LogP contribution is -1.98. The van der Waals surface area contributed by atoms with E-state index in [1.165, 1.54) is 25.5 Å². The maximum absolute atomic E-state index is 10.6. The molecule has 4 nitrogen and oxygen atoms in total. The lowest BCUT2D eigenvalue weighted by atomic mass is 9.95. The zero-order chi connectivity index (χ0) is 17.8. The van der Waals surface area contributed by atoms with Crippen LogP contribution >= 0.6 is 0 Å². The van der Waals surface area contributed by atoms with E-state index in [9.17, 15) is 10.2 Å². The molecule has 0 atom stereocenters. The van der Waals surface area contributed by atoms with Crippen molar-refractivity contribution in [1.82, 2.24) is 0 Å². The van der Waals surface area contributed by atoms with Gasteiger partial charge in [0.15, 0.2) is 11.5 Å². The maximum atomic E-state index is 10.6. The van der Waals surface area contributed by atoms with Crippen molar-refractivity contribution >= 4 is 0 Å². The number of rotatable bonds is 2. The van der Waals surface area contributed by atoms with Crippen LogP contribution in [0.5, 0.6) is 23.0 Å². The first kappa shape index (κ1) is 17.5. The Kier molecular flexibility index (Phi) is 5.37. The van der Waals surface area contributed by atoms with E-state index >= 15 is 0 Å². The Morgan fingerprint density at radius 2 is 1.44 bits per heavy atom. The van der Waals surface area contributed by atoms with E-state index in [0.717, 1.165) is 43.2 Å². The second-order valence-corrected chi connectivity index (χ2v) is 6.62. The third-order valence-electron chi connectivity index (χ3n) is 4.96. The number of hydrogen-bond acceptors (Lipinski definition) is 4. The molecule has 4 bridgehead atoms. The van der Waals surface area contributed by atoms with Crippen LogP contribution in [0.25, 0.3) is 11.1 Å². The summed E-state index contributed by atoms with van der Waals surface area (Å²) >= 11 is 0. The van der Waals surface area contributed by atoms with Crippen molar-refractivity contribution in [2.24, 2.45) is 0 Å². The standard InChI is InChI=1S/C21H26O4/c1-24-20-17-13-15(19(23)21(20)25-2)9-7-5-3-4-6-8-14-10-11-18(22)16(17)12-14/h10-13,22-23H,3-9H2,1-2H3. The van der Waals surface area contributed by atoms with E-state index < -0.39 is 0 Å². The van der Waals surface area contributed by atoms with E-state index in [1.54, 1.807) is 13.2 Å². The Bertz CT molecular complexity index is 752. The summed E-state index contributed by atoms with van der Waals surface area (Å²) in [7, 11) is 3.07. The van der Waals surface area contributed by atoms with Crippen LogP contribution in [-0.4, -0.2) is 24.4 Å². The van der Waals surface area contributed by atoms with E-state index in [1.807, 2.05) is 18.2 Å². The monoisotopic (exact) mass is 342 g/mol. The Morgan fingerprint density at radius 1 is 0.760 bits per heavy atom. The zero-order valence-electron chi connectivity index (χ0n) is 15.0. The van der Waals surface area contributed by atoms with Gasteiger partial charge >= 0.3 is 0 Å². The highest BCUT2D eigenvalue weighted by molar-refractivity contribution is 5.81. The molecule has 2 aromatic rings. The van der Waals surface area contributed by atoms with Crippen LogP contribution in [0, 0.1) is 0 Å². The molecule has 0 aromatic heterocycles. The first-order valence-electron chi connectivity index (χ1n) is 8.94. The molecule has 1 aliphatic rings.